The van der Waals surface area contributed by atoms with E-state index in [1.54, 1.807) is 18.2 Å². The monoisotopic (exact) mass is 334 g/mol. The largest absolute Gasteiger partial charge is 0.339 e. The minimum absolute atomic E-state index is 0.111. The van der Waals surface area contributed by atoms with Crippen molar-refractivity contribution >= 4 is 17.7 Å². The fourth-order valence-electron chi connectivity index (χ4n) is 2.76. The highest BCUT2D eigenvalue weighted by Gasteiger charge is 2.23. The van der Waals surface area contributed by atoms with Crippen LogP contribution in [-0.4, -0.2) is 44.3 Å². The van der Waals surface area contributed by atoms with E-state index in [0.29, 0.717) is 28.3 Å². The number of hydrogen-bond donors (Lipinski definition) is 1. The Morgan fingerprint density at radius 2 is 2.26 bits per heavy atom. The summed E-state index contributed by atoms with van der Waals surface area (Å²) in [5.41, 5.74) is 0.378. The molecule has 7 heteroatoms. The molecule has 1 amide bonds. The van der Waals surface area contributed by atoms with E-state index in [2.05, 4.69) is 22.1 Å². The smallest absolute Gasteiger partial charge is 0.233 e. The van der Waals surface area contributed by atoms with E-state index in [0.717, 1.165) is 19.4 Å². The Hall–Kier alpha value is -1.89. The maximum Gasteiger partial charge on any atom is 0.233 e. The molecule has 1 saturated heterocycles. The van der Waals surface area contributed by atoms with Gasteiger partial charge in [-0.1, -0.05) is 23.9 Å². The molecule has 2 heterocycles. The lowest BCUT2D eigenvalue weighted by molar-refractivity contribution is -0.131. The fourth-order valence-corrected chi connectivity index (χ4v) is 3.45. The minimum Gasteiger partial charge on any atom is -0.339 e. The van der Waals surface area contributed by atoms with Crippen LogP contribution in [0.2, 0.25) is 0 Å². The van der Waals surface area contributed by atoms with Crippen LogP contribution in [-0.2, 0) is 4.79 Å². The number of carbonyl (C=O) groups excluding carboxylic acids is 1. The molecule has 3 rings (SSSR count). The van der Waals surface area contributed by atoms with Crippen LogP contribution in [0.25, 0.3) is 11.4 Å². The average Bonchev–Trinajstić information content (AvgIpc) is 3.02. The Morgan fingerprint density at radius 3 is 3.04 bits per heavy atom. The molecule has 122 valence electrons. The number of carbonyl (C=O) groups is 1. The highest BCUT2D eigenvalue weighted by atomic mass is 32.2. The summed E-state index contributed by atoms with van der Waals surface area (Å²) in [6.45, 7) is 2.92. The van der Waals surface area contributed by atoms with Gasteiger partial charge in [0, 0.05) is 12.6 Å². The van der Waals surface area contributed by atoms with Crippen LogP contribution in [0.4, 0.5) is 4.39 Å². The first-order valence-electron chi connectivity index (χ1n) is 7.74. The predicted molar refractivity (Wildman–Crippen MR) is 87.5 cm³/mol. The second kappa shape index (κ2) is 7.12. The van der Waals surface area contributed by atoms with Crippen molar-refractivity contribution in [3.63, 3.8) is 0 Å². The summed E-state index contributed by atoms with van der Waals surface area (Å²) in [4.78, 5) is 18.5. The van der Waals surface area contributed by atoms with Gasteiger partial charge in [-0.2, -0.15) is 0 Å². The molecule has 1 aromatic heterocycles. The van der Waals surface area contributed by atoms with Crippen molar-refractivity contribution in [2.75, 3.05) is 12.3 Å². The van der Waals surface area contributed by atoms with Crippen LogP contribution < -0.4 is 0 Å². The van der Waals surface area contributed by atoms with E-state index < -0.39 is 0 Å². The lowest BCUT2D eigenvalue weighted by Crippen LogP contribution is -2.42. The van der Waals surface area contributed by atoms with Crippen LogP contribution in [0.15, 0.2) is 29.4 Å². The van der Waals surface area contributed by atoms with Gasteiger partial charge in [0.1, 0.15) is 5.82 Å². The van der Waals surface area contributed by atoms with Crippen molar-refractivity contribution in [1.82, 2.24) is 20.1 Å². The van der Waals surface area contributed by atoms with Crippen molar-refractivity contribution in [3.05, 3.63) is 30.1 Å². The molecule has 0 bridgehead atoms. The third-order valence-corrected chi connectivity index (χ3v) is 4.87. The van der Waals surface area contributed by atoms with E-state index in [1.165, 1.54) is 24.2 Å². The lowest BCUT2D eigenvalue weighted by Gasteiger charge is -2.33. The molecule has 1 aliphatic rings. The van der Waals surface area contributed by atoms with Crippen molar-refractivity contribution < 1.29 is 9.18 Å². The van der Waals surface area contributed by atoms with Gasteiger partial charge < -0.3 is 4.90 Å². The van der Waals surface area contributed by atoms with Gasteiger partial charge in [0.2, 0.25) is 11.1 Å². The summed E-state index contributed by atoms with van der Waals surface area (Å²) < 4.78 is 13.7. The van der Waals surface area contributed by atoms with Crippen LogP contribution in [0, 0.1) is 5.82 Å². The molecule has 1 aliphatic heterocycles. The molecule has 2 aromatic rings. The van der Waals surface area contributed by atoms with Crippen LogP contribution in [0.3, 0.4) is 0 Å². The fraction of sp³-hybridized carbons (Fsp3) is 0.438. The number of likely N-dealkylation sites (tertiary alicyclic amines) is 1. The van der Waals surface area contributed by atoms with Gasteiger partial charge >= 0.3 is 0 Å². The number of benzene rings is 1. The molecule has 1 atom stereocenters. The van der Waals surface area contributed by atoms with E-state index in [4.69, 9.17) is 0 Å². The maximum atomic E-state index is 13.7. The summed E-state index contributed by atoms with van der Waals surface area (Å²) in [6, 6.07) is 6.70. The number of rotatable bonds is 4. The first-order chi connectivity index (χ1) is 11.1. The van der Waals surface area contributed by atoms with Crippen LogP contribution >= 0.6 is 11.8 Å². The predicted octanol–water partition coefficient (Wildman–Crippen LogP) is 3.10. The molecule has 1 aromatic carbocycles. The molecule has 1 N–H and O–H groups in total. The number of aromatic amines is 1. The number of thioether (sulfide) groups is 1. The highest BCUT2D eigenvalue weighted by molar-refractivity contribution is 7.99. The van der Waals surface area contributed by atoms with E-state index in [1.807, 2.05) is 4.90 Å². The van der Waals surface area contributed by atoms with Crippen LogP contribution in [0.1, 0.15) is 26.2 Å². The zero-order valence-electron chi connectivity index (χ0n) is 13.0. The number of hydrogen-bond acceptors (Lipinski definition) is 4. The highest BCUT2D eigenvalue weighted by Crippen LogP contribution is 2.23. The number of nitrogens with zero attached hydrogens (tertiary/aromatic N) is 3. The number of piperidine rings is 1. The lowest BCUT2D eigenvalue weighted by atomic mass is 10.0. The summed E-state index contributed by atoms with van der Waals surface area (Å²) >= 11 is 1.28. The molecular formula is C16H19FN4OS. The van der Waals surface area contributed by atoms with E-state index >= 15 is 0 Å². The van der Waals surface area contributed by atoms with Gasteiger partial charge in [-0.25, -0.2) is 9.37 Å². The van der Waals surface area contributed by atoms with Crippen molar-refractivity contribution in [2.45, 2.75) is 37.4 Å². The van der Waals surface area contributed by atoms with Gasteiger partial charge in [0.25, 0.3) is 0 Å². The number of H-pyrrole nitrogens is 1. The van der Waals surface area contributed by atoms with E-state index in [-0.39, 0.29) is 11.7 Å². The average molecular weight is 334 g/mol. The van der Waals surface area contributed by atoms with Gasteiger partial charge in [-0.3, -0.25) is 9.89 Å². The second-order valence-electron chi connectivity index (χ2n) is 5.67. The Bertz CT molecular complexity index is 690. The standard InChI is InChI=1S/C16H19FN4OS/c1-11-6-4-5-9-21(11)14(22)10-23-16-18-15(19-20-16)12-7-2-3-8-13(12)17/h2-3,7-8,11H,4-6,9-10H2,1H3,(H,18,19,20)/t11-/m0/s1. The number of halogens is 1. The van der Waals surface area contributed by atoms with Gasteiger partial charge in [-0.05, 0) is 38.3 Å². The molecule has 0 aliphatic carbocycles. The zero-order chi connectivity index (χ0) is 16.2. The van der Waals surface area contributed by atoms with Crippen molar-refractivity contribution in [2.24, 2.45) is 0 Å². The van der Waals surface area contributed by atoms with Crippen LogP contribution in [0.5, 0.6) is 0 Å². The molecule has 0 unspecified atom stereocenters. The normalized spacial score (nSPS) is 18.2. The zero-order valence-corrected chi connectivity index (χ0v) is 13.8. The molecule has 5 nitrogen and oxygen atoms in total. The molecule has 23 heavy (non-hydrogen) atoms. The Balaban J connectivity index is 1.61. The Labute approximate surface area is 138 Å². The minimum atomic E-state index is -0.349. The second-order valence-corrected chi connectivity index (χ2v) is 6.61. The first-order valence-corrected chi connectivity index (χ1v) is 8.73. The molecule has 1 fully saturated rings. The first kappa shape index (κ1) is 16.0. The Kier molecular flexibility index (Phi) is 4.95. The summed E-state index contributed by atoms with van der Waals surface area (Å²) in [5.74, 6) is 0.445. The molecule has 0 saturated carbocycles. The Morgan fingerprint density at radius 1 is 1.43 bits per heavy atom. The van der Waals surface area contributed by atoms with Gasteiger partial charge in [-0.15, -0.1) is 5.10 Å². The van der Waals surface area contributed by atoms with Gasteiger partial charge in [0.05, 0.1) is 11.3 Å². The molecular weight excluding hydrogens is 315 g/mol. The molecule has 0 radical (unpaired) electrons. The number of nitrogens with one attached hydrogen (secondary N) is 1. The van der Waals surface area contributed by atoms with Crippen molar-refractivity contribution in [3.8, 4) is 11.4 Å². The van der Waals surface area contributed by atoms with Gasteiger partial charge in [0.15, 0.2) is 5.82 Å². The third kappa shape index (κ3) is 3.72. The number of amides is 1. The summed E-state index contributed by atoms with van der Waals surface area (Å²) in [6.07, 6.45) is 3.32. The number of aromatic nitrogens is 3. The third-order valence-electron chi connectivity index (χ3n) is 4.04. The van der Waals surface area contributed by atoms with E-state index in [9.17, 15) is 9.18 Å². The summed E-state index contributed by atoms with van der Waals surface area (Å²) in [5, 5.41) is 7.25. The summed E-state index contributed by atoms with van der Waals surface area (Å²) in [7, 11) is 0. The quantitative estimate of drug-likeness (QED) is 0.873. The maximum absolute atomic E-state index is 13.7. The molecule has 0 spiro atoms. The SMILES string of the molecule is C[C@H]1CCCCN1C(=O)CSc1n[nH]c(-c2ccccc2F)n1. The van der Waals surface area contributed by atoms with Crippen molar-refractivity contribution in [1.29, 1.82) is 0 Å². The topological polar surface area (TPSA) is 61.9 Å².